The number of ether oxygens (including phenoxy) is 4. The van der Waals surface area contributed by atoms with Crippen LogP contribution in [0, 0.1) is 5.92 Å². The van der Waals surface area contributed by atoms with E-state index in [1.165, 1.54) is 10.4 Å². The second-order valence-electron chi connectivity index (χ2n) is 13.1. The zero-order valence-electron chi connectivity index (χ0n) is 27.0. The van der Waals surface area contributed by atoms with Gasteiger partial charge >= 0.3 is 0 Å². The highest BCUT2D eigenvalue weighted by atomic mass is 28.4. The third-order valence-corrected chi connectivity index (χ3v) is 13.2. The van der Waals surface area contributed by atoms with Crippen molar-refractivity contribution >= 4 is 18.7 Å². The van der Waals surface area contributed by atoms with E-state index in [2.05, 4.69) is 101 Å². The van der Waals surface area contributed by atoms with Crippen molar-refractivity contribution < 1.29 is 23.4 Å². The lowest BCUT2D eigenvalue weighted by molar-refractivity contribution is -0.148. The van der Waals surface area contributed by atoms with Crippen LogP contribution in [0.15, 0.2) is 97.1 Å². The van der Waals surface area contributed by atoms with Crippen molar-refractivity contribution in [1.29, 1.82) is 0 Å². The first-order chi connectivity index (χ1) is 20.5. The molecule has 1 saturated heterocycles. The zero-order chi connectivity index (χ0) is 30.9. The van der Waals surface area contributed by atoms with Crippen molar-refractivity contribution in [1.82, 2.24) is 0 Å². The van der Waals surface area contributed by atoms with Crippen LogP contribution < -0.4 is 15.1 Å². The van der Waals surface area contributed by atoms with Crippen LogP contribution in [0.4, 0.5) is 0 Å². The van der Waals surface area contributed by atoms with Crippen molar-refractivity contribution in [3.8, 4) is 5.75 Å². The van der Waals surface area contributed by atoms with Gasteiger partial charge in [0, 0.05) is 6.61 Å². The first kappa shape index (κ1) is 33.2. The Morgan fingerprint density at radius 3 is 2.05 bits per heavy atom. The Balaban J connectivity index is 1.33. The molecule has 5 nitrogen and oxygen atoms in total. The molecule has 1 fully saturated rings. The summed E-state index contributed by atoms with van der Waals surface area (Å²) < 4.78 is 30.8. The van der Waals surface area contributed by atoms with Crippen molar-refractivity contribution in [2.24, 2.45) is 5.92 Å². The SMILES string of the molecule is COc1ccc(COC[C@@H]2OC(C)(C)O[C@H]2/C=C/C[C@H](C)CCO[Si](c2ccccc2)(c2ccccc2)C(C)(C)C)cc1. The van der Waals surface area contributed by atoms with Crippen LogP contribution in [0.3, 0.4) is 0 Å². The van der Waals surface area contributed by atoms with Gasteiger partial charge in [0.15, 0.2) is 5.79 Å². The number of rotatable bonds is 14. The normalized spacial score (nSPS) is 19.5. The lowest BCUT2D eigenvalue weighted by Gasteiger charge is -2.43. The van der Waals surface area contributed by atoms with Crippen LogP contribution in [0.25, 0.3) is 0 Å². The van der Waals surface area contributed by atoms with Crippen molar-refractivity contribution in [3.05, 3.63) is 103 Å². The topological polar surface area (TPSA) is 46.2 Å². The minimum Gasteiger partial charge on any atom is -0.497 e. The summed E-state index contributed by atoms with van der Waals surface area (Å²) in [6, 6.07) is 29.6. The van der Waals surface area contributed by atoms with E-state index in [9.17, 15) is 0 Å². The molecule has 1 aliphatic heterocycles. The molecule has 0 unspecified atom stereocenters. The van der Waals surface area contributed by atoms with Crippen LogP contribution in [0.5, 0.6) is 5.75 Å². The van der Waals surface area contributed by atoms with Gasteiger partial charge in [-0.2, -0.15) is 0 Å². The number of allylic oxidation sites excluding steroid dienone is 1. The maximum atomic E-state index is 7.10. The van der Waals surface area contributed by atoms with E-state index >= 15 is 0 Å². The van der Waals surface area contributed by atoms with Gasteiger partial charge in [-0.05, 0) is 65.7 Å². The molecule has 43 heavy (non-hydrogen) atoms. The first-order valence-corrected chi connectivity index (χ1v) is 17.4. The third kappa shape index (κ3) is 8.67. The Morgan fingerprint density at radius 2 is 1.49 bits per heavy atom. The zero-order valence-corrected chi connectivity index (χ0v) is 28.0. The van der Waals surface area contributed by atoms with Gasteiger partial charge in [-0.1, -0.05) is 113 Å². The largest absolute Gasteiger partial charge is 0.497 e. The van der Waals surface area contributed by atoms with E-state index in [-0.39, 0.29) is 17.2 Å². The minimum absolute atomic E-state index is 0.0179. The lowest BCUT2D eigenvalue weighted by Crippen LogP contribution is -2.66. The summed E-state index contributed by atoms with van der Waals surface area (Å²) >= 11 is 0. The van der Waals surface area contributed by atoms with Crippen LogP contribution >= 0.6 is 0 Å². The molecule has 0 aliphatic carbocycles. The van der Waals surface area contributed by atoms with Crippen LogP contribution in [-0.4, -0.2) is 46.6 Å². The highest BCUT2D eigenvalue weighted by Gasteiger charge is 2.50. The molecule has 0 aromatic heterocycles. The van der Waals surface area contributed by atoms with Crippen molar-refractivity contribution in [3.63, 3.8) is 0 Å². The van der Waals surface area contributed by atoms with E-state index in [0.717, 1.165) is 30.8 Å². The molecular formula is C37H50O5Si. The summed E-state index contributed by atoms with van der Waals surface area (Å²) in [7, 11) is -0.840. The fraction of sp³-hybridized carbons (Fsp3) is 0.459. The van der Waals surface area contributed by atoms with Crippen LogP contribution in [0.2, 0.25) is 5.04 Å². The fourth-order valence-electron chi connectivity index (χ4n) is 5.91. The number of hydrogen-bond acceptors (Lipinski definition) is 5. The van der Waals surface area contributed by atoms with Gasteiger partial charge in [0.2, 0.25) is 0 Å². The Labute approximate surface area is 260 Å². The van der Waals surface area contributed by atoms with Crippen molar-refractivity contribution in [2.45, 2.75) is 84.0 Å². The second kappa shape index (κ2) is 14.8. The molecule has 0 N–H and O–H groups in total. The predicted molar refractivity (Wildman–Crippen MR) is 178 cm³/mol. The molecular weight excluding hydrogens is 552 g/mol. The van der Waals surface area contributed by atoms with E-state index in [1.54, 1.807) is 7.11 Å². The van der Waals surface area contributed by atoms with Gasteiger partial charge in [-0.15, -0.1) is 0 Å². The molecule has 0 bridgehead atoms. The van der Waals surface area contributed by atoms with E-state index in [1.807, 2.05) is 38.1 Å². The second-order valence-corrected chi connectivity index (χ2v) is 17.4. The highest BCUT2D eigenvalue weighted by Crippen LogP contribution is 2.37. The van der Waals surface area contributed by atoms with Gasteiger partial charge in [-0.25, -0.2) is 0 Å². The van der Waals surface area contributed by atoms with Gasteiger partial charge in [0.1, 0.15) is 18.0 Å². The van der Waals surface area contributed by atoms with Crippen molar-refractivity contribution in [2.75, 3.05) is 20.3 Å². The predicted octanol–water partition coefficient (Wildman–Crippen LogP) is 7.28. The maximum absolute atomic E-state index is 7.10. The molecule has 0 radical (unpaired) electrons. The average molecular weight is 603 g/mol. The Hall–Kier alpha value is -2.74. The molecule has 6 heteroatoms. The van der Waals surface area contributed by atoms with E-state index in [0.29, 0.717) is 19.1 Å². The molecule has 232 valence electrons. The molecule has 0 spiro atoms. The van der Waals surface area contributed by atoms with E-state index in [4.69, 9.17) is 23.4 Å². The molecule has 1 heterocycles. The monoisotopic (exact) mass is 602 g/mol. The highest BCUT2D eigenvalue weighted by molar-refractivity contribution is 6.99. The molecule has 0 amide bonds. The Kier molecular flexibility index (Phi) is 11.4. The maximum Gasteiger partial charge on any atom is 0.261 e. The summed E-state index contributed by atoms with van der Waals surface area (Å²) in [5.74, 6) is 0.667. The van der Waals surface area contributed by atoms with E-state index < -0.39 is 14.1 Å². The summed E-state index contributed by atoms with van der Waals surface area (Å²) in [6.07, 6.45) is 6.01. The minimum atomic E-state index is -2.51. The molecule has 3 aromatic carbocycles. The van der Waals surface area contributed by atoms with Crippen LogP contribution in [0.1, 0.15) is 59.9 Å². The number of hydrogen-bond donors (Lipinski definition) is 0. The molecule has 1 aliphatic rings. The summed E-state index contributed by atoms with van der Waals surface area (Å²) in [5.41, 5.74) is 1.10. The fourth-order valence-corrected chi connectivity index (χ4v) is 10.5. The number of benzene rings is 3. The van der Waals surface area contributed by atoms with Gasteiger partial charge < -0.3 is 23.4 Å². The quantitative estimate of drug-likeness (QED) is 0.143. The Morgan fingerprint density at radius 1 is 0.884 bits per heavy atom. The van der Waals surface area contributed by atoms with Gasteiger partial charge in [0.25, 0.3) is 8.32 Å². The molecule has 0 saturated carbocycles. The molecule has 3 aromatic rings. The lowest BCUT2D eigenvalue weighted by atomic mass is 10.0. The Bertz CT molecular complexity index is 1230. The molecule has 4 rings (SSSR count). The summed E-state index contributed by atoms with van der Waals surface area (Å²) in [6.45, 7) is 14.9. The van der Waals surface area contributed by atoms with Gasteiger partial charge in [-0.3, -0.25) is 0 Å². The van der Waals surface area contributed by atoms with Gasteiger partial charge in [0.05, 0.1) is 20.3 Å². The average Bonchev–Trinajstić information content (AvgIpc) is 3.28. The summed E-state index contributed by atoms with van der Waals surface area (Å²) in [5, 5.41) is 2.63. The molecule has 3 atom stereocenters. The first-order valence-electron chi connectivity index (χ1n) is 15.5. The third-order valence-electron chi connectivity index (χ3n) is 8.14. The standard InChI is InChI=1S/C37H50O5Si/c1-29(25-26-40-43(36(2,3)4,32-16-10-8-11-17-32)33-18-12-9-13-19-33)15-14-20-34-35(42-37(5,6)41-34)28-39-27-30-21-23-31(38-7)24-22-30/h8-14,16-24,29,34-35H,15,25-28H2,1-7H3/b20-14+/t29-,34-,35-/m0/s1. The van der Waals surface area contributed by atoms with Crippen LogP contribution in [-0.2, 0) is 25.2 Å². The smallest absolute Gasteiger partial charge is 0.261 e. The summed E-state index contributed by atoms with van der Waals surface area (Å²) in [4.78, 5) is 0. The number of methoxy groups -OCH3 is 1.